The minimum atomic E-state index is -0.662. The van der Waals surface area contributed by atoms with Crippen molar-refractivity contribution < 1.29 is 9.90 Å². The van der Waals surface area contributed by atoms with Crippen LogP contribution in [-0.4, -0.2) is 33.6 Å². The number of hydrogen-bond donors (Lipinski definition) is 1. The van der Waals surface area contributed by atoms with Gasteiger partial charge in [0.25, 0.3) is 0 Å². The molecule has 1 unspecified atom stereocenters. The van der Waals surface area contributed by atoms with E-state index in [2.05, 4.69) is 9.97 Å². The molecule has 1 saturated heterocycles. The molecule has 7 heteroatoms. The van der Waals surface area contributed by atoms with Crippen molar-refractivity contribution in [1.82, 2.24) is 9.97 Å². The number of anilines is 1. The summed E-state index contributed by atoms with van der Waals surface area (Å²) in [6, 6.07) is 1.43. The Balaban J connectivity index is 2.33. The number of aliphatic hydroxyl groups is 1. The summed E-state index contributed by atoms with van der Waals surface area (Å²) in [5.74, 6) is 0.120. The van der Waals surface area contributed by atoms with Crippen LogP contribution in [0.15, 0.2) is 6.07 Å². The maximum absolute atomic E-state index is 11.4. The molecule has 1 aliphatic heterocycles. The van der Waals surface area contributed by atoms with Gasteiger partial charge in [-0.3, -0.25) is 9.69 Å². The van der Waals surface area contributed by atoms with E-state index in [9.17, 15) is 9.90 Å². The van der Waals surface area contributed by atoms with Gasteiger partial charge in [-0.1, -0.05) is 11.6 Å². The van der Waals surface area contributed by atoms with Crippen molar-refractivity contribution >= 4 is 34.9 Å². The molecule has 1 aromatic heterocycles. The van der Waals surface area contributed by atoms with Crippen LogP contribution < -0.4 is 4.90 Å². The Labute approximate surface area is 95.6 Å². The van der Waals surface area contributed by atoms with Crippen LogP contribution in [0.25, 0.3) is 0 Å². The highest BCUT2D eigenvalue weighted by Crippen LogP contribution is 2.23. The first-order valence-electron chi connectivity index (χ1n) is 4.25. The number of aliphatic hydroxyl groups excluding tert-OH is 1. The van der Waals surface area contributed by atoms with E-state index in [0.29, 0.717) is 5.82 Å². The fraction of sp³-hybridized carbons (Fsp3) is 0.375. The van der Waals surface area contributed by atoms with Crippen molar-refractivity contribution in [3.05, 3.63) is 16.5 Å². The van der Waals surface area contributed by atoms with E-state index in [4.69, 9.17) is 23.2 Å². The van der Waals surface area contributed by atoms with Crippen molar-refractivity contribution in [3.63, 3.8) is 0 Å². The Hall–Kier alpha value is -0.910. The highest BCUT2D eigenvalue weighted by molar-refractivity contribution is 6.32. The predicted octanol–water partition coefficient (Wildman–Crippen LogP) is 0.881. The Bertz CT molecular complexity index is 393. The molecule has 0 bridgehead atoms. The lowest BCUT2D eigenvalue weighted by Gasteiger charge is -2.14. The molecule has 0 saturated carbocycles. The van der Waals surface area contributed by atoms with E-state index in [1.807, 2.05) is 0 Å². The standard InChI is InChI=1S/C8H7Cl2N3O2/c9-5-2-6(12-8(10)11-5)13-3-4(14)1-7(13)15/h2,4,14H,1,3H2. The van der Waals surface area contributed by atoms with Crippen LogP contribution in [0, 0.1) is 0 Å². The largest absolute Gasteiger partial charge is 0.391 e. The van der Waals surface area contributed by atoms with Crippen LogP contribution >= 0.6 is 23.2 Å². The number of carbonyl (C=O) groups excluding carboxylic acids is 1. The van der Waals surface area contributed by atoms with Gasteiger partial charge in [-0.15, -0.1) is 0 Å². The number of nitrogens with zero attached hydrogens (tertiary/aromatic N) is 3. The summed E-state index contributed by atoms with van der Waals surface area (Å²) in [6.45, 7) is 0.211. The summed E-state index contributed by atoms with van der Waals surface area (Å²) < 4.78 is 0. The molecule has 5 nitrogen and oxygen atoms in total. The molecule has 0 aliphatic carbocycles. The highest BCUT2D eigenvalue weighted by Gasteiger charge is 2.30. The van der Waals surface area contributed by atoms with Crippen LogP contribution in [-0.2, 0) is 4.79 Å². The fourth-order valence-corrected chi connectivity index (χ4v) is 1.83. The van der Waals surface area contributed by atoms with E-state index < -0.39 is 6.10 Å². The lowest BCUT2D eigenvalue weighted by atomic mass is 10.3. The molecular formula is C8H7Cl2N3O2. The normalized spacial score (nSPS) is 21.1. The Morgan fingerprint density at radius 3 is 2.73 bits per heavy atom. The highest BCUT2D eigenvalue weighted by atomic mass is 35.5. The average Bonchev–Trinajstić information content (AvgIpc) is 2.43. The number of halogens is 2. The van der Waals surface area contributed by atoms with Gasteiger partial charge in [-0.2, -0.15) is 0 Å². The molecule has 2 rings (SSSR count). The second kappa shape index (κ2) is 3.92. The summed E-state index contributed by atoms with van der Waals surface area (Å²) in [4.78, 5) is 20.3. The Morgan fingerprint density at radius 1 is 1.47 bits per heavy atom. The Kier molecular flexibility index (Phi) is 2.77. The second-order valence-electron chi connectivity index (χ2n) is 3.18. The first kappa shape index (κ1) is 10.6. The molecular weight excluding hydrogens is 241 g/mol. The second-order valence-corrected chi connectivity index (χ2v) is 3.91. The van der Waals surface area contributed by atoms with Gasteiger partial charge >= 0.3 is 0 Å². The SMILES string of the molecule is O=C1CC(O)CN1c1cc(Cl)nc(Cl)n1. The maximum Gasteiger partial charge on any atom is 0.230 e. The smallest absolute Gasteiger partial charge is 0.230 e. The molecule has 2 heterocycles. The number of aromatic nitrogens is 2. The van der Waals surface area contributed by atoms with Crippen molar-refractivity contribution in [1.29, 1.82) is 0 Å². The number of carbonyl (C=O) groups is 1. The van der Waals surface area contributed by atoms with Crippen molar-refractivity contribution in [2.75, 3.05) is 11.4 Å². The molecule has 1 atom stereocenters. The first-order chi connectivity index (χ1) is 7.06. The minimum Gasteiger partial charge on any atom is -0.391 e. The van der Waals surface area contributed by atoms with Gasteiger partial charge in [0, 0.05) is 6.07 Å². The van der Waals surface area contributed by atoms with Gasteiger partial charge in [-0.05, 0) is 11.6 Å². The van der Waals surface area contributed by atoms with Crippen LogP contribution in [0.2, 0.25) is 10.4 Å². The number of amides is 1. The van der Waals surface area contributed by atoms with E-state index in [1.54, 1.807) is 0 Å². The third-order valence-electron chi connectivity index (χ3n) is 2.04. The monoisotopic (exact) mass is 247 g/mol. The van der Waals surface area contributed by atoms with Gasteiger partial charge in [0.1, 0.15) is 11.0 Å². The summed E-state index contributed by atoms with van der Waals surface area (Å²) in [5, 5.41) is 9.44. The molecule has 80 valence electrons. The zero-order valence-corrected chi connectivity index (χ0v) is 9.03. The number of hydrogen-bond acceptors (Lipinski definition) is 4. The van der Waals surface area contributed by atoms with E-state index >= 15 is 0 Å². The van der Waals surface area contributed by atoms with Gasteiger partial charge in [0.15, 0.2) is 0 Å². The number of rotatable bonds is 1. The third-order valence-corrected chi connectivity index (χ3v) is 2.40. The van der Waals surface area contributed by atoms with Crippen LogP contribution in [0.3, 0.4) is 0 Å². The fourth-order valence-electron chi connectivity index (χ4n) is 1.43. The van der Waals surface area contributed by atoms with Crippen molar-refractivity contribution in [2.24, 2.45) is 0 Å². The van der Waals surface area contributed by atoms with Gasteiger partial charge in [0.05, 0.1) is 19.1 Å². The van der Waals surface area contributed by atoms with Gasteiger partial charge < -0.3 is 5.11 Å². The van der Waals surface area contributed by atoms with E-state index in [0.717, 1.165) is 0 Å². The molecule has 0 radical (unpaired) electrons. The zero-order valence-electron chi connectivity index (χ0n) is 7.52. The van der Waals surface area contributed by atoms with Crippen molar-refractivity contribution in [2.45, 2.75) is 12.5 Å². The molecule has 0 aromatic carbocycles. The van der Waals surface area contributed by atoms with Gasteiger partial charge in [0.2, 0.25) is 11.2 Å². The minimum absolute atomic E-state index is 0.0216. The topological polar surface area (TPSA) is 66.3 Å². The molecule has 0 spiro atoms. The molecule has 1 amide bonds. The van der Waals surface area contributed by atoms with Crippen LogP contribution in [0.1, 0.15) is 6.42 Å². The van der Waals surface area contributed by atoms with E-state index in [-0.39, 0.29) is 29.3 Å². The summed E-state index contributed by atoms with van der Waals surface area (Å²) in [6.07, 6.45) is -0.566. The predicted molar refractivity (Wildman–Crippen MR) is 55.0 cm³/mol. The molecule has 1 aromatic rings. The molecule has 1 N–H and O–H groups in total. The molecule has 15 heavy (non-hydrogen) atoms. The quantitative estimate of drug-likeness (QED) is 0.591. The first-order valence-corrected chi connectivity index (χ1v) is 5.00. The zero-order chi connectivity index (χ0) is 11.0. The average molecular weight is 248 g/mol. The summed E-state index contributed by atoms with van der Waals surface area (Å²) >= 11 is 11.3. The van der Waals surface area contributed by atoms with Crippen LogP contribution in [0.4, 0.5) is 5.82 Å². The summed E-state index contributed by atoms with van der Waals surface area (Å²) in [7, 11) is 0. The van der Waals surface area contributed by atoms with Crippen LogP contribution in [0.5, 0.6) is 0 Å². The Morgan fingerprint density at radius 2 is 2.20 bits per heavy atom. The van der Waals surface area contributed by atoms with Gasteiger partial charge in [-0.25, -0.2) is 9.97 Å². The lowest BCUT2D eigenvalue weighted by Crippen LogP contribution is -2.26. The lowest BCUT2D eigenvalue weighted by molar-refractivity contribution is -0.117. The third kappa shape index (κ3) is 2.19. The summed E-state index contributed by atoms with van der Waals surface area (Å²) in [5.41, 5.74) is 0. The maximum atomic E-state index is 11.4. The van der Waals surface area contributed by atoms with Crippen molar-refractivity contribution in [3.8, 4) is 0 Å². The number of β-amino-alcohol motifs (C(OH)–C–C–N with tert-alkyl or cyclic N) is 1. The molecule has 1 aliphatic rings. The molecule has 1 fully saturated rings. The van der Waals surface area contributed by atoms with E-state index in [1.165, 1.54) is 11.0 Å².